The van der Waals surface area contributed by atoms with Crippen molar-refractivity contribution in [1.29, 1.82) is 0 Å². The van der Waals surface area contributed by atoms with Crippen LogP contribution in [0.2, 0.25) is 5.02 Å². The van der Waals surface area contributed by atoms with Gasteiger partial charge < -0.3 is 10.1 Å². The quantitative estimate of drug-likeness (QED) is 0.887. The molecule has 3 unspecified atom stereocenters. The SMILES string of the molecule is CC(=O)C1C2NC(=O)N(c3ccccc3)C1(C)Oc1ccc(Cl)cc12. The fourth-order valence-corrected chi connectivity index (χ4v) is 4.12. The maximum atomic E-state index is 12.9. The van der Waals surface area contributed by atoms with E-state index in [4.69, 9.17) is 16.3 Å². The Morgan fingerprint density at radius 3 is 2.64 bits per heavy atom. The Balaban J connectivity index is 1.92. The number of amides is 2. The highest BCUT2D eigenvalue weighted by atomic mass is 35.5. The van der Waals surface area contributed by atoms with E-state index in [1.165, 1.54) is 11.8 Å². The van der Waals surface area contributed by atoms with Crippen molar-refractivity contribution in [2.24, 2.45) is 5.92 Å². The molecule has 2 aromatic carbocycles. The molecule has 1 N–H and O–H groups in total. The van der Waals surface area contributed by atoms with Crippen molar-refractivity contribution >= 4 is 29.1 Å². The molecule has 4 rings (SSSR count). The van der Waals surface area contributed by atoms with Gasteiger partial charge >= 0.3 is 6.03 Å². The van der Waals surface area contributed by atoms with Crippen LogP contribution < -0.4 is 15.0 Å². The number of carbonyl (C=O) groups excluding carboxylic acids is 2. The number of carbonyl (C=O) groups is 2. The van der Waals surface area contributed by atoms with E-state index >= 15 is 0 Å². The van der Waals surface area contributed by atoms with Gasteiger partial charge in [0.25, 0.3) is 0 Å². The van der Waals surface area contributed by atoms with Crippen molar-refractivity contribution in [3.63, 3.8) is 0 Å². The lowest BCUT2D eigenvalue weighted by molar-refractivity contribution is -0.131. The van der Waals surface area contributed by atoms with Crippen LogP contribution in [0.3, 0.4) is 0 Å². The summed E-state index contributed by atoms with van der Waals surface area (Å²) in [6.45, 7) is 3.31. The number of hydrogen-bond acceptors (Lipinski definition) is 3. The summed E-state index contributed by atoms with van der Waals surface area (Å²) < 4.78 is 6.24. The number of ether oxygens (including phenoxy) is 1. The molecule has 1 fully saturated rings. The molecule has 0 radical (unpaired) electrons. The number of halogens is 1. The molecule has 2 amide bonds. The highest BCUT2D eigenvalue weighted by molar-refractivity contribution is 6.30. The molecular formula is C19H17ClN2O3. The molecule has 2 bridgehead atoms. The largest absolute Gasteiger partial charge is 0.467 e. The smallest absolute Gasteiger partial charge is 0.325 e. The summed E-state index contributed by atoms with van der Waals surface area (Å²) in [4.78, 5) is 26.9. The van der Waals surface area contributed by atoms with Gasteiger partial charge in [-0.3, -0.25) is 9.69 Å². The summed E-state index contributed by atoms with van der Waals surface area (Å²) in [6, 6.07) is 13.7. The Labute approximate surface area is 150 Å². The number of hydrogen-bond donors (Lipinski definition) is 1. The second-order valence-electron chi connectivity index (χ2n) is 6.53. The first-order valence-electron chi connectivity index (χ1n) is 8.06. The van der Waals surface area contributed by atoms with E-state index in [9.17, 15) is 9.59 Å². The normalized spacial score (nSPS) is 27.2. The third-order valence-electron chi connectivity index (χ3n) is 4.91. The van der Waals surface area contributed by atoms with Crippen molar-refractivity contribution < 1.29 is 14.3 Å². The second kappa shape index (κ2) is 5.49. The predicted octanol–water partition coefficient (Wildman–Crippen LogP) is 3.92. The molecule has 6 heteroatoms. The van der Waals surface area contributed by atoms with Crippen LogP contribution in [0.5, 0.6) is 5.75 Å². The molecule has 2 aliphatic rings. The topological polar surface area (TPSA) is 58.6 Å². The third-order valence-corrected chi connectivity index (χ3v) is 5.15. The van der Waals surface area contributed by atoms with E-state index in [1.807, 2.05) is 30.3 Å². The van der Waals surface area contributed by atoms with Crippen LogP contribution in [0.1, 0.15) is 25.5 Å². The highest BCUT2D eigenvalue weighted by Gasteiger charge is 2.59. The summed E-state index contributed by atoms with van der Waals surface area (Å²) >= 11 is 6.11. The maximum absolute atomic E-state index is 12.9. The molecule has 2 heterocycles. The van der Waals surface area contributed by atoms with E-state index in [1.54, 1.807) is 25.1 Å². The van der Waals surface area contributed by atoms with Crippen molar-refractivity contribution in [2.45, 2.75) is 25.6 Å². The fraction of sp³-hybridized carbons (Fsp3) is 0.263. The summed E-state index contributed by atoms with van der Waals surface area (Å²) in [5.41, 5.74) is 0.275. The zero-order valence-corrected chi connectivity index (χ0v) is 14.6. The minimum absolute atomic E-state index is 0.0564. The molecule has 3 atom stereocenters. The van der Waals surface area contributed by atoms with Crippen molar-refractivity contribution in [3.05, 3.63) is 59.1 Å². The fourth-order valence-electron chi connectivity index (χ4n) is 3.94. The number of anilines is 1. The first-order chi connectivity index (χ1) is 11.9. The molecule has 5 nitrogen and oxygen atoms in total. The zero-order chi connectivity index (χ0) is 17.8. The maximum Gasteiger partial charge on any atom is 0.325 e. The van der Waals surface area contributed by atoms with Gasteiger partial charge in [0.2, 0.25) is 0 Å². The van der Waals surface area contributed by atoms with Crippen LogP contribution in [0.25, 0.3) is 0 Å². The minimum atomic E-state index is -1.12. The monoisotopic (exact) mass is 356 g/mol. The van der Waals surface area contributed by atoms with Crippen molar-refractivity contribution in [2.75, 3.05) is 4.90 Å². The van der Waals surface area contributed by atoms with Crippen LogP contribution in [-0.4, -0.2) is 17.5 Å². The van der Waals surface area contributed by atoms with Gasteiger partial charge in [-0.15, -0.1) is 0 Å². The van der Waals surface area contributed by atoms with Gasteiger partial charge in [-0.1, -0.05) is 29.8 Å². The van der Waals surface area contributed by atoms with E-state index in [2.05, 4.69) is 5.32 Å². The number of ketones is 1. The number of fused-ring (bicyclic) bond motifs is 4. The van der Waals surface area contributed by atoms with E-state index in [-0.39, 0.29) is 11.8 Å². The van der Waals surface area contributed by atoms with Gasteiger partial charge in [0.1, 0.15) is 17.5 Å². The molecule has 128 valence electrons. The van der Waals surface area contributed by atoms with Gasteiger partial charge in [-0.2, -0.15) is 0 Å². The molecule has 0 spiro atoms. The average molecular weight is 357 g/mol. The van der Waals surface area contributed by atoms with Crippen molar-refractivity contribution in [1.82, 2.24) is 5.32 Å². The molecule has 0 saturated carbocycles. The van der Waals surface area contributed by atoms with Gasteiger partial charge in [0.05, 0.1) is 6.04 Å². The van der Waals surface area contributed by atoms with E-state index < -0.39 is 17.7 Å². The Morgan fingerprint density at radius 2 is 1.96 bits per heavy atom. The second-order valence-corrected chi connectivity index (χ2v) is 6.96. The van der Waals surface area contributed by atoms with Crippen molar-refractivity contribution in [3.8, 4) is 5.75 Å². The van der Waals surface area contributed by atoms with Gasteiger partial charge in [0, 0.05) is 16.3 Å². The number of Topliss-reactive ketones (excluding diaryl/α,β-unsaturated/α-hetero) is 1. The summed E-state index contributed by atoms with van der Waals surface area (Å²) in [5, 5.41) is 3.50. The van der Waals surface area contributed by atoms with E-state index in [0.29, 0.717) is 16.5 Å². The number of benzene rings is 2. The number of urea groups is 1. The minimum Gasteiger partial charge on any atom is -0.467 e. The molecule has 25 heavy (non-hydrogen) atoms. The number of para-hydroxylation sites is 1. The van der Waals surface area contributed by atoms with Crippen LogP contribution >= 0.6 is 11.6 Å². The molecule has 2 aliphatic heterocycles. The Hall–Kier alpha value is -2.53. The summed E-state index contributed by atoms with van der Waals surface area (Å²) in [6.07, 6.45) is 0. The molecule has 0 aliphatic carbocycles. The summed E-state index contributed by atoms with van der Waals surface area (Å²) in [5.74, 6) is 0.00533. The number of nitrogens with zero attached hydrogens (tertiary/aromatic N) is 1. The lowest BCUT2D eigenvalue weighted by Gasteiger charge is -2.54. The molecular weight excluding hydrogens is 340 g/mol. The Morgan fingerprint density at radius 1 is 1.24 bits per heavy atom. The molecule has 1 saturated heterocycles. The first-order valence-corrected chi connectivity index (χ1v) is 8.44. The molecule has 0 aromatic heterocycles. The number of rotatable bonds is 2. The Kier molecular flexibility index (Phi) is 3.51. The summed E-state index contributed by atoms with van der Waals surface area (Å²) in [7, 11) is 0. The van der Waals surface area contributed by atoms with Crippen LogP contribution in [0, 0.1) is 5.92 Å². The third kappa shape index (κ3) is 2.30. The average Bonchev–Trinajstić information content (AvgIpc) is 2.55. The standard InChI is InChI=1S/C19H17ClN2O3/c1-11(23)16-17-14-10-12(20)8-9-15(14)25-19(16,2)22(18(24)21-17)13-6-4-3-5-7-13/h3-10,16-17H,1-2H3,(H,21,24). The van der Waals surface area contributed by atoms with Gasteiger partial charge in [-0.25, -0.2) is 4.79 Å². The van der Waals surface area contributed by atoms with Crippen LogP contribution in [0.4, 0.5) is 10.5 Å². The highest BCUT2D eigenvalue weighted by Crippen LogP contribution is 2.50. The lowest BCUT2D eigenvalue weighted by Crippen LogP contribution is -2.71. The van der Waals surface area contributed by atoms with Crippen LogP contribution in [-0.2, 0) is 4.79 Å². The zero-order valence-electron chi connectivity index (χ0n) is 13.8. The first kappa shape index (κ1) is 16.0. The Bertz CT molecular complexity index is 870. The van der Waals surface area contributed by atoms with Crippen LogP contribution in [0.15, 0.2) is 48.5 Å². The number of nitrogens with one attached hydrogen (secondary N) is 1. The predicted molar refractivity (Wildman–Crippen MR) is 94.8 cm³/mol. The van der Waals surface area contributed by atoms with E-state index in [0.717, 1.165) is 5.56 Å². The van der Waals surface area contributed by atoms with Gasteiger partial charge in [0.15, 0.2) is 5.72 Å². The van der Waals surface area contributed by atoms with Gasteiger partial charge in [-0.05, 0) is 44.2 Å². The molecule has 2 aromatic rings. The lowest BCUT2D eigenvalue weighted by atomic mass is 9.77.